The van der Waals surface area contributed by atoms with Crippen LogP contribution in [-0.2, 0) is 0 Å². The predicted molar refractivity (Wildman–Crippen MR) is 77.1 cm³/mol. The molecule has 0 atom stereocenters. The number of pyridine rings is 1. The minimum atomic E-state index is 0.602. The highest BCUT2D eigenvalue weighted by molar-refractivity contribution is 9.10. The molecule has 3 rings (SSSR count). The fourth-order valence-corrected chi connectivity index (χ4v) is 2.71. The van der Waals surface area contributed by atoms with Gasteiger partial charge < -0.3 is 4.98 Å². The third kappa shape index (κ3) is 2.12. The summed E-state index contributed by atoms with van der Waals surface area (Å²) < 4.78 is 1.57. The number of aromatic amines is 1. The SMILES string of the molecule is Cc1cnccc1-c1nc(=S)c(Br)c(C2CC2)[nH]1. The number of hydrogen-bond donors (Lipinski definition) is 1. The maximum Gasteiger partial charge on any atom is 0.144 e. The van der Waals surface area contributed by atoms with Gasteiger partial charge in [0.1, 0.15) is 10.5 Å². The molecule has 1 fully saturated rings. The summed E-state index contributed by atoms with van der Waals surface area (Å²) in [5.41, 5.74) is 3.34. The van der Waals surface area contributed by atoms with Gasteiger partial charge in [-0.05, 0) is 47.3 Å². The topological polar surface area (TPSA) is 41.6 Å². The van der Waals surface area contributed by atoms with E-state index in [4.69, 9.17) is 12.2 Å². The van der Waals surface area contributed by atoms with Crippen LogP contribution in [0.25, 0.3) is 11.4 Å². The van der Waals surface area contributed by atoms with Crippen LogP contribution in [0.15, 0.2) is 22.9 Å². The van der Waals surface area contributed by atoms with Gasteiger partial charge in [-0.3, -0.25) is 4.98 Å². The lowest BCUT2D eigenvalue weighted by molar-refractivity contribution is 0.970. The van der Waals surface area contributed by atoms with Crippen molar-refractivity contribution in [3.63, 3.8) is 0 Å². The van der Waals surface area contributed by atoms with Gasteiger partial charge in [0.2, 0.25) is 0 Å². The molecule has 1 aliphatic rings. The lowest BCUT2D eigenvalue weighted by Crippen LogP contribution is -1.98. The van der Waals surface area contributed by atoms with Crippen LogP contribution < -0.4 is 0 Å². The summed E-state index contributed by atoms with van der Waals surface area (Å²) in [7, 11) is 0. The summed E-state index contributed by atoms with van der Waals surface area (Å²) in [6.45, 7) is 2.03. The Morgan fingerprint density at radius 1 is 1.44 bits per heavy atom. The largest absolute Gasteiger partial charge is 0.342 e. The first-order valence-electron chi connectivity index (χ1n) is 5.87. The van der Waals surface area contributed by atoms with Crippen molar-refractivity contribution in [2.24, 2.45) is 0 Å². The number of halogens is 1. The Hall–Kier alpha value is -1.07. The zero-order valence-corrected chi connectivity index (χ0v) is 12.3. The molecule has 3 nitrogen and oxygen atoms in total. The molecule has 0 radical (unpaired) electrons. The molecule has 1 saturated carbocycles. The van der Waals surface area contributed by atoms with E-state index < -0.39 is 0 Å². The van der Waals surface area contributed by atoms with Gasteiger partial charge in [0.05, 0.1) is 4.47 Å². The van der Waals surface area contributed by atoms with Crippen molar-refractivity contribution in [1.82, 2.24) is 15.0 Å². The first-order chi connectivity index (χ1) is 8.66. The van der Waals surface area contributed by atoms with Gasteiger partial charge in [0.15, 0.2) is 0 Å². The molecule has 92 valence electrons. The van der Waals surface area contributed by atoms with Crippen LogP contribution in [0.2, 0.25) is 0 Å². The second-order valence-corrected chi connectivity index (χ2v) is 5.76. The van der Waals surface area contributed by atoms with Crippen molar-refractivity contribution >= 4 is 28.1 Å². The molecule has 0 aliphatic heterocycles. The first-order valence-corrected chi connectivity index (χ1v) is 7.07. The van der Waals surface area contributed by atoms with Crippen LogP contribution >= 0.6 is 28.1 Å². The molecule has 5 heteroatoms. The maximum absolute atomic E-state index is 5.32. The van der Waals surface area contributed by atoms with Crippen molar-refractivity contribution < 1.29 is 0 Å². The van der Waals surface area contributed by atoms with E-state index in [2.05, 4.69) is 30.9 Å². The van der Waals surface area contributed by atoms with Crippen molar-refractivity contribution in [1.29, 1.82) is 0 Å². The van der Waals surface area contributed by atoms with Gasteiger partial charge in [-0.1, -0.05) is 12.2 Å². The second-order valence-electron chi connectivity index (χ2n) is 4.58. The highest BCUT2D eigenvalue weighted by Gasteiger charge is 2.27. The normalized spacial score (nSPS) is 14.8. The number of aromatic nitrogens is 3. The number of rotatable bonds is 2. The molecule has 0 aromatic carbocycles. The lowest BCUT2D eigenvalue weighted by Gasteiger charge is -2.09. The Morgan fingerprint density at radius 2 is 2.22 bits per heavy atom. The Labute approximate surface area is 119 Å². The molecule has 1 aliphatic carbocycles. The minimum Gasteiger partial charge on any atom is -0.342 e. The number of aryl methyl sites for hydroxylation is 1. The van der Waals surface area contributed by atoms with E-state index in [0.717, 1.165) is 21.4 Å². The highest BCUT2D eigenvalue weighted by Crippen LogP contribution is 2.42. The fraction of sp³-hybridized carbons (Fsp3) is 0.308. The summed E-state index contributed by atoms with van der Waals surface area (Å²) in [4.78, 5) is 12.0. The molecule has 2 aromatic rings. The van der Waals surface area contributed by atoms with Crippen molar-refractivity contribution in [2.75, 3.05) is 0 Å². The van der Waals surface area contributed by atoms with Gasteiger partial charge in [0, 0.05) is 29.6 Å². The molecule has 0 saturated heterocycles. The Morgan fingerprint density at radius 3 is 2.89 bits per heavy atom. The minimum absolute atomic E-state index is 0.602. The second kappa shape index (κ2) is 4.55. The van der Waals surface area contributed by atoms with Gasteiger partial charge in [-0.2, -0.15) is 0 Å². The summed E-state index contributed by atoms with van der Waals surface area (Å²) in [5.74, 6) is 1.44. The fourth-order valence-electron chi connectivity index (χ4n) is 2.00. The van der Waals surface area contributed by atoms with Crippen LogP contribution in [-0.4, -0.2) is 15.0 Å². The smallest absolute Gasteiger partial charge is 0.144 e. The molecule has 18 heavy (non-hydrogen) atoms. The summed E-state index contributed by atoms with van der Waals surface area (Å²) in [6, 6.07) is 1.97. The van der Waals surface area contributed by atoms with Gasteiger partial charge >= 0.3 is 0 Å². The standard InChI is InChI=1S/C13H12BrN3S/c1-7-6-15-5-4-9(7)12-16-11(8-2-3-8)10(14)13(18)17-12/h4-6,8H,2-3H2,1H3,(H,16,17,18). The maximum atomic E-state index is 5.32. The Bertz CT molecular complexity index is 662. The molecule has 1 N–H and O–H groups in total. The summed E-state index contributed by atoms with van der Waals surface area (Å²) >= 11 is 8.86. The first kappa shape index (κ1) is 12.0. The van der Waals surface area contributed by atoms with Gasteiger partial charge in [-0.15, -0.1) is 0 Å². The van der Waals surface area contributed by atoms with E-state index in [9.17, 15) is 0 Å². The van der Waals surface area contributed by atoms with E-state index in [1.165, 1.54) is 18.5 Å². The molecular formula is C13H12BrN3S. The number of nitrogens with zero attached hydrogens (tertiary/aromatic N) is 2. The monoisotopic (exact) mass is 321 g/mol. The van der Waals surface area contributed by atoms with Crippen molar-refractivity contribution in [3.05, 3.63) is 38.8 Å². The quantitative estimate of drug-likeness (QED) is 0.845. The molecule has 2 aromatic heterocycles. The van der Waals surface area contributed by atoms with Gasteiger partial charge in [0.25, 0.3) is 0 Å². The van der Waals surface area contributed by atoms with Crippen LogP contribution in [0.4, 0.5) is 0 Å². The van der Waals surface area contributed by atoms with Crippen LogP contribution in [0.3, 0.4) is 0 Å². The lowest BCUT2D eigenvalue weighted by atomic mass is 10.1. The van der Waals surface area contributed by atoms with Crippen molar-refractivity contribution in [3.8, 4) is 11.4 Å². The van der Waals surface area contributed by atoms with E-state index in [-0.39, 0.29) is 0 Å². The Kier molecular flexibility index (Phi) is 3.03. The average Bonchev–Trinajstić information content (AvgIpc) is 3.17. The van der Waals surface area contributed by atoms with Crippen LogP contribution in [0.1, 0.15) is 30.0 Å². The number of hydrogen-bond acceptors (Lipinski definition) is 3. The van der Waals surface area contributed by atoms with Crippen molar-refractivity contribution in [2.45, 2.75) is 25.7 Å². The molecule has 0 bridgehead atoms. The summed E-state index contributed by atoms with van der Waals surface area (Å²) in [5, 5.41) is 0. The summed E-state index contributed by atoms with van der Waals surface area (Å²) in [6.07, 6.45) is 6.07. The Balaban J connectivity index is 2.19. The molecule has 0 spiro atoms. The van der Waals surface area contributed by atoms with Crippen LogP contribution in [0.5, 0.6) is 0 Å². The zero-order chi connectivity index (χ0) is 12.7. The number of H-pyrrole nitrogens is 1. The zero-order valence-electron chi connectivity index (χ0n) is 9.90. The van der Waals surface area contributed by atoms with Gasteiger partial charge in [-0.25, -0.2) is 4.98 Å². The van der Waals surface area contributed by atoms with E-state index in [1.54, 1.807) is 6.20 Å². The average molecular weight is 322 g/mol. The van der Waals surface area contributed by atoms with E-state index >= 15 is 0 Å². The molecule has 0 amide bonds. The molecular weight excluding hydrogens is 310 g/mol. The number of nitrogens with one attached hydrogen (secondary N) is 1. The molecule has 2 heterocycles. The van der Waals surface area contributed by atoms with E-state index in [0.29, 0.717) is 10.6 Å². The highest BCUT2D eigenvalue weighted by atomic mass is 79.9. The predicted octanol–water partition coefficient (Wildman–Crippen LogP) is 4.15. The van der Waals surface area contributed by atoms with Crippen LogP contribution in [0, 0.1) is 11.6 Å². The van der Waals surface area contributed by atoms with E-state index in [1.807, 2.05) is 19.2 Å². The third-order valence-electron chi connectivity index (χ3n) is 3.15. The molecule has 0 unspecified atom stereocenters. The third-order valence-corrected chi connectivity index (χ3v) is 4.51.